The van der Waals surface area contributed by atoms with E-state index in [1.165, 1.54) is 7.11 Å². The summed E-state index contributed by atoms with van der Waals surface area (Å²) in [6.45, 7) is 0. The molecule has 1 aliphatic rings. The second-order valence-corrected chi connectivity index (χ2v) is 6.73. The number of halogens is 2. The Morgan fingerprint density at radius 1 is 1.20 bits per heavy atom. The summed E-state index contributed by atoms with van der Waals surface area (Å²) in [7, 11) is 3.05. The lowest BCUT2D eigenvalue weighted by Crippen LogP contribution is -2.54. The third-order valence-corrected chi connectivity index (χ3v) is 4.51. The number of methoxy groups -OCH3 is 1. The Labute approximate surface area is 159 Å². The summed E-state index contributed by atoms with van der Waals surface area (Å²) in [5.41, 5.74) is 5.03. The van der Waals surface area contributed by atoms with Crippen molar-refractivity contribution in [1.29, 1.82) is 0 Å². The fourth-order valence-electron chi connectivity index (χ4n) is 2.46. The summed E-state index contributed by atoms with van der Waals surface area (Å²) in [5, 5.41) is 8.45. The second-order valence-electron chi connectivity index (χ2n) is 5.38. The van der Waals surface area contributed by atoms with E-state index in [4.69, 9.17) is 16.3 Å². The third kappa shape index (κ3) is 3.78. The van der Waals surface area contributed by atoms with Crippen molar-refractivity contribution < 1.29 is 9.53 Å². The van der Waals surface area contributed by atoms with Gasteiger partial charge in [-0.1, -0.05) is 39.7 Å². The Kier molecular flexibility index (Phi) is 5.27. The highest BCUT2D eigenvalue weighted by Crippen LogP contribution is 2.30. The first-order valence-corrected chi connectivity index (χ1v) is 8.64. The average molecular weight is 424 g/mol. The fourth-order valence-corrected chi connectivity index (χ4v) is 2.85. The lowest BCUT2D eigenvalue weighted by Gasteiger charge is -2.39. The van der Waals surface area contributed by atoms with Crippen LogP contribution in [0.25, 0.3) is 0 Å². The minimum atomic E-state index is -0.522. The quantitative estimate of drug-likeness (QED) is 0.765. The first-order chi connectivity index (χ1) is 12.0. The van der Waals surface area contributed by atoms with Crippen molar-refractivity contribution in [3.05, 3.63) is 63.6 Å². The zero-order valence-corrected chi connectivity index (χ0v) is 16.0. The number of ether oxygens (including phenoxy) is 1. The number of carbonyl (C=O) groups excluding carboxylic acids is 1. The van der Waals surface area contributed by atoms with E-state index in [0.29, 0.717) is 5.02 Å². The standard InChI is InChI=1S/C17H16BrClN4O2/c1-22-16(17(24)25-2)21-23(14-9-5-12(18)6-10-14)15(20-22)11-3-7-13(19)8-4-11/h3-10,15,20H,1-2H3. The van der Waals surface area contributed by atoms with Gasteiger partial charge in [0.05, 0.1) is 12.8 Å². The molecule has 0 aliphatic carbocycles. The van der Waals surface area contributed by atoms with Gasteiger partial charge in [-0.05, 0) is 42.0 Å². The lowest BCUT2D eigenvalue weighted by atomic mass is 10.1. The van der Waals surface area contributed by atoms with Crippen LogP contribution in [-0.2, 0) is 9.53 Å². The predicted octanol–water partition coefficient (Wildman–Crippen LogP) is 3.54. The molecule has 0 spiro atoms. The average Bonchev–Trinajstić information content (AvgIpc) is 2.62. The summed E-state index contributed by atoms with van der Waals surface area (Å²) in [4.78, 5) is 12.0. The van der Waals surface area contributed by atoms with Crippen molar-refractivity contribution in [3.8, 4) is 0 Å². The monoisotopic (exact) mass is 422 g/mol. The molecule has 0 amide bonds. The van der Waals surface area contributed by atoms with Crippen LogP contribution in [0.1, 0.15) is 11.7 Å². The van der Waals surface area contributed by atoms with Gasteiger partial charge in [0.25, 0.3) is 0 Å². The molecule has 3 rings (SSSR count). The maximum atomic E-state index is 12.0. The van der Waals surface area contributed by atoms with Gasteiger partial charge in [0.1, 0.15) is 6.17 Å². The van der Waals surface area contributed by atoms with E-state index in [-0.39, 0.29) is 12.0 Å². The van der Waals surface area contributed by atoms with Crippen LogP contribution in [0.15, 0.2) is 58.1 Å². The van der Waals surface area contributed by atoms with Gasteiger partial charge in [-0.2, -0.15) is 0 Å². The van der Waals surface area contributed by atoms with E-state index in [2.05, 4.69) is 26.5 Å². The SMILES string of the molecule is COC(=O)C1=NN(c2ccc(Br)cc2)C(c2ccc(Cl)cc2)NN1C. The van der Waals surface area contributed by atoms with Gasteiger partial charge < -0.3 is 4.74 Å². The number of hydrazone groups is 1. The van der Waals surface area contributed by atoms with Crippen molar-refractivity contribution in [2.45, 2.75) is 6.17 Å². The van der Waals surface area contributed by atoms with Gasteiger partial charge in [0.15, 0.2) is 0 Å². The zero-order chi connectivity index (χ0) is 18.0. The summed E-state index contributed by atoms with van der Waals surface area (Å²) in [6.07, 6.45) is -0.308. The number of likely N-dealkylation sites (N-methyl/N-ethyl adjacent to an activating group) is 1. The van der Waals surface area contributed by atoms with Gasteiger partial charge in [-0.15, -0.1) is 5.10 Å². The van der Waals surface area contributed by atoms with Crippen molar-refractivity contribution in [3.63, 3.8) is 0 Å². The molecule has 0 radical (unpaired) electrons. The number of carbonyl (C=O) groups is 1. The van der Waals surface area contributed by atoms with Crippen LogP contribution in [-0.4, -0.2) is 31.0 Å². The number of rotatable bonds is 3. The first kappa shape index (κ1) is 17.7. The minimum absolute atomic E-state index is 0.163. The summed E-state index contributed by atoms with van der Waals surface area (Å²) < 4.78 is 5.77. The Balaban J connectivity index is 2.06. The molecule has 1 aliphatic heterocycles. The van der Waals surface area contributed by atoms with Crippen LogP contribution in [0.5, 0.6) is 0 Å². The van der Waals surface area contributed by atoms with E-state index in [9.17, 15) is 4.79 Å². The molecule has 130 valence electrons. The molecule has 8 heteroatoms. The van der Waals surface area contributed by atoms with Crippen LogP contribution in [0.2, 0.25) is 5.02 Å². The molecule has 1 N–H and O–H groups in total. The van der Waals surface area contributed by atoms with E-state index < -0.39 is 5.97 Å². The number of nitrogens with zero attached hydrogens (tertiary/aromatic N) is 3. The van der Waals surface area contributed by atoms with E-state index in [1.807, 2.05) is 48.5 Å². The summed E-state index contributed by atoms with van der Waals surface area (Å²) in [6, 6.07) is 15.1. The Morgan fingerprint density at radius 3 is 2.44 bits per heavy atom. The molecule has 0 aromatic heterocycles. The van der Waals surface area contributed by atoms with Crippen LogP contribution >= 0.6 is 27.5 Å². The van der Waals surface area contributed by atoms with Crippen molar-refractivity contribution in [1.82, 2.24) is 10.4 Å². The molecule has 1 atom stereocenters. The molecule has 0 bridgehead atoms. The minimum Gasteiger partial charge on any atom is -0.463 e. The number of esters is 1. The smallest absolute Gasteiger partial charge is 0.377 e. The number of benzene rings is 2. The fraction of sp³-hybridized carbons (Fsp3) is 0.176. The number of hydrazine groups is 1. The summed E-state index contributed by atoms with van der Waals surface area (Å²) in [5.74, 6) is -0.359. The van der Waals surface area contributed by atoms with Gasteiger partial charge in [-0.25, -0.2) is 15.2 Å². The molecule has 2 aromatic carbocycles. The molecule has 1 heterocycles. The Hall–Kier alpha value is -2.09. The molecular formula is C17H16BrClN4O2. The molecule has 0 saturated carbocycles. The van der Waals surface area contributed by atoms with E-state index in [0.717, 1.165) is 15.7 Å². The molecule has 0 fully saturated rings. The Bertz CT molecular complexity index is 795. The van der Waals surface area contributed by atoms with Crippen molar-refractivity contribution in [2.24, 2.45) is 5.10 Å². The molecule has 25 heavy (non-hydrogen) atoms. The van der Waals surface area contributed by atoms with Crippen LogP contribution < -0.4 is 10.4 Å². The van der Waals surface area contributed by atoms with Crippen molar-refractivity contribution >= 4 is 45.0 Å². The number of amidine groups is 1. The number of hydrogen-bond donors (Lipinski definition) is 1. The van der Waals surface area contributed by atoms with Gasteiger partial charge in [-0.3, -0.25) is 5.01 Å². The summed E-state index contributed by atoms with van der Waals surface area (Å²) >= 11 is 9.42. The molecule has 6 nitrogen and oxygen atoms in total. The van der Waals surface area contributed by atoms with Crippen LogP contribution in [0.3, 0.4) is 0 Å². The van der Waals surface area contributed by atoms with Crippen LogP contribution in [0.4, 0.5) is 5.69 Å². The highest BCUT2D eigenvalue weighted by Gasteiger charge is 2.32. The first-order valence-electron chi connectivity index (χ1n) is 7.46. The van der Waals surface area contributed by atoms with Crippen LogP contribution in [0, 0.1) is 0 Å². The largest absolute Gasteiger partial charge is 0.463 e. The number of nitrogens with one attached hydrogen (secondary N) is 1. The topological polar surface area (TPSA) is 57.2 Å². The number of anilines is 1. The van der Waals surface area contributed by atoms with Gasteiger partial charge >= 0.3 is 5.97 Å². The van der Waals surface area contributed by atoms with Gasteiger partial charge in [0, 0.05) is 16.5 Å². The Morgan fingerprint density at radius 2 is 1.84 bits per heavy atom. The van der Waals surface area contributed by atoms with Crippen molar-refractivity contribution in [2.75, 3.05) is 19.2 Å². The lowest BCUT2D eigenvalue weighted by molar-refractivity contribution is -0.133. The molecule has 2 aromatic rings. The molecular weight excluding hydrogens is 408 g/mol. The third-order valence-electron chi connectivity index (χ3n) is 3.73. The zero-order valence-electron chi connectivity index (χ0n) is 13.6. The predicted molar refractivity (Wildman–Crippen MR) is 101 cm³/mol. The highest BCUT2D eigenvalue weighted by molar-refractivity contribution is 9.10. The van der Waals surface area contributed by atoms with E-state index >= 15 is 0 Å². The number of hydrogen-bond acceptors (Lipinski definition) is 6. The van der Waals surface area contributed by atoms with Gasteiger partial charge in [0.2, 0.25) is 5.84 Å². The highest BCUT2D eigenvalue weighted by atomic mass is 79.9. The van der Waals surface area contributed by atoms with E-state index in [1.54, 1.807) is 17.1 Å². The second kappa shape index (κ2) is 7.43. The normalized spacial score (nSPS) is 17.3. The molecule has 1 unspecified atom stereocenters. The molecule has 0 saturated heterocycles. The maximum Gasteiger partial charge on any atom is 0.377 e. The maximum absolute atomic E-state index is 12.0.